The number of primary amides is 1. The predicted octanol–water partition coefficient (Wildman–Crippen LogP) is 4.57. The molecule has 0 radical (unpaired) electrons. The van der Waals surface area contributed by atoms with E-state index in [9.17, 15) is 14.0 Å². The maximum absolute atomic E-state index is 13.2. The number of carbonyl (C=O) groups is 2. The van der Waals surface area contributed by atoms with Crippen molar-refractivity contribution in [3.63, 3.8) is 0 Å². The van der Waals surface area contributed by atoms with Crippen LogP contribution in [0.1, 0.15) is 15.9 Å². The van der Waals surface area contributed by atoms with E-state index in [2.05, 4.69) is 21.9 Å². The van der Waals surface area contributed by atoms with Crippen molar-refractivity contribution in [3.8, 4) is 22.4 Å². The van der Waals surface area contributed by atoms with Crippen LogP contribution in [-0.4, -0.2) is 21.8 Å². The number of pyridine rings is 1. The van der Waals surface area contributed by atoms with Crippen LogP contribution in [0, 0.1) is 12.9 Å². The molecule has 4 N–H and O–H groups in total. The standard InChI is InChI=1S/C24H19FN4O2/c1-3-22(30)28-19-6-4-5-15(13(19)2)16-8-9-17(24(26)31)23-18(16)11-20(29-23)14-7-10-21(25)27-12-14/h3-12,29H,1H2,2H3,(H2,26,31)(H,28,30). The van der Waals surface area contributed by atoms with Crippen LogP contribution in [0.5, 0.6) is 0 Å². The van der Waals surface area contributed by atoms with Crippen LogP contribution in [-0.2, 0) is 4.79 Å². The number of hydrogen-bond acceptors (Lipinski definition) is 3. The van der Waals surface area contributed by atoms with E-state index in [-0.39, 0.29) is 5.91 Å². The number of aromatic nitrogens is 2. The second-order valence-electron chi connectivity index (χ2n) is 7.04. The van der Waals surface area contributed by atoms with Gasteiger partial charge >= 0.3 is 0 Å². The van der Waals surface area contributed by atoms with Gasteiger partial charge in [-0.15, -0.1) is 0 Å². The van der Waals surface area contributed by atoms with Gasteiger partial charge in [-0.05, 0) is 60.0 Å². The molecular weight excluding hydrogens is 395 g/mol. The average Bonchev–Trinajstić information content (AvgIpc) is 3.20. The number of aromatic amines is 1. The number of benzene rings is 2. The maximum atomic E-state index is 13.2. The molecule has 0 spiro atoms. The number of carbonyl (C=O) groups excluding carboxylic acids is 2. The van der Waals surface area contributed by atoms with E-state index in [4.69, 9.17) is 5.73 Å². The van der Waals surface area contributed by atoms with Gasteiger partial charge in [-0.2, -0.15) is 4.39 Å². The van der Waals surface area contributed by atoms with Gasteiger partial charge in [-0.3, -0.25) is 9.59 Å². The molecule has 0 aliphatic heterocycles. The zero-order valence-corrected chi connectivity index (χ0v) is 16.7. The monoisotopic (exact) mass is 414 g/mol. The summed E-state index contributed by atoms with van der Waals surface area (Å²) in [5.74, 6) is -1.44. The Morgan fingerprint density at radius 1 is 1.16 bits per heavy atom. The number of halogens is 1. The van der Waals surface area contributed by atoms with E-state index in [1.807, 2.05) is 37.3 Å². The lowest BCUT2D eigenvalue weighted by Crippen LogP contribution is -2.11. The first kappa shape index (κ1) is 20.0. The molecule has 0 fully saturated rings. The Morgan fingerprint density at radius 3 is 2.65 bits per heavy atom. The number of rotatable bonds is 5. The lowest BCUT2D eigenvalue weighted by Gasteiger charge is -2.13. The summed E-state index contributed by atoms with van der Waals surface area (Å²) < 4.78 is 13.2. The number of anilines is 1. The van der Waals surface area contributed by atoms with Crippen LogP contribution >= 0.6 is 0 Å². The van der Waals surface area contributed by atoms with Gasteiger partial charge in [0, 0.05) is 28.5 Å². The first-order valence-corrected chi connectivity index (χ1v) is 9.50. The Balaban J connectivity index is 1.93. The Morgan fingerprint density at radius 2 is 1.97 bits per heavy atom. The molecule has 0 atom stereocenters. The molecule has 0 saturated carbocycles. The van der Waals surface area contributed by atoms with Crippen molar-refractivity contribution in [1.82, 2.24) is 9.97 Å². The van der Waals surface area contributed by atoms with Crippen molar-refractivity contribution in [1.29, 1.82) is 0 Å². The average molecular weight is 414 g/mol. The van der Waals surface area contributed by atoms with E-state index in [0.29, 0.717) is 28.0 Å². The van der Waals surface area contributed by atoms with Crippen LogP contribution in [0.3, 0.4) is 0 Å². The predicted molar refractivity (Wildman–Crippen MR) is 119 cm³/mol. The summed E-state index contributed by atoms with van der Waals surface area (Å²) in [5.41, 5.74) is 11.1. The normalized spacial score (nSPS) is 10.8. The zero-order valence-electron chi connectivity index (χ0n) is 16.7. The fraction of sp³-hybridized carbons (Fsp3) is 0.0417. The molecule has 2 heterocycles. The molecule has 2 aromatic carbocycles. The van der Waals surface area contributed by atoms with Gasteiger partial charge in [-0.1, -0.05) is 24.8 Å². The van der Waals surface area contributed by atoms with Crippen molar-refractivity contribution in [2.24, 2.45) is 5.73 Å². The Kier molecular flexibility index (Phi) is 5.09. The van der Waals surface area contributed by atoms with E-state index in [0.717, 1.165) is 22.1 Å². The summed E-state index contributed by atoms with van der Waals surface area (Å²) in [4.78, 5) is 30.7. The van der Waals surface area contributed by atoms with E-state index < -0.39 is 11.9 Å². The SMILES string of the molecule is C=CC(=O)Nc1cccc(-c2ccc(C(N)=O)c3[nH]c(-c4ccc(F)nc4)cc23)c1C. The molecule has 0 saturated heterocycles. The van der Waals surface area contributed by atoms with E-state index >= 15 is 0 Å². The number of nitrogens with zero attached hydrogens (tertiary/aromatic N) is 1. The third-order valence-electron chi connectivity index (χ3n) is 5.16. The fourth-order valence-electron chi connectivity index (χ4n) is 3.60. The zero-order chi connectivity index (χ0) is 22.1. The summed E-state index contributed by atoms with van der Waals surface area (Å²) in [5, 5.41) is 3.57. The number of H-pyrrole nitrogens is 1. The molecule has 2 amide bonds. The number of nitrogens with one attached hydrogen (secondary N) is 2. The van der Waals surface area contributed by atoms with Crippen LogP contribution in [0.15, 0.2) is 67.4 Å². The third kappa shape index (κ3) is 3.69. The minimum Gasteiger partial charge on any atom is -0.366 e. The Bertz CT molecular complexity index is 1340. The highest BCUT2D eigenvalue weighted by atomic mass is 19.1. The second kappa shape index (κ2) is 7.87. The van der Waals surface area contributed by atoms with Gasteiger partial charge in [0.2, 0.25) is 11.9 Å². The summed E-state index contributed by atoms with van der Waals surface area (Å²) in [6.07, 6.45) is 2.63. The molecule has 4 aromatic rings. The molecule has 0 unspecified atom stereocenters. The highest BCUT2D eigenvalue weighted by Gasteiger charge is 2.17. The van der Waals surface area contributed by atoms with Crippen molar-refractivity contribution >= 4 is 28.4 Å². The first-order chi connectivity index (χ1) is 14.9. The van der Waals surface area contributed by atoms with E-state index in [1.54, 1.807) is 12.1 Å². The summed E-state index contributed by atoms with van der Waals surface area (Å²) in [6.45, 7) is 5.38. The van der Waals surface area contributed by atoms with Gasteiger partial charge in [0.25, 0.3) is 5.91 Å². The quantitative estimate of drug-likeness (QED) is 0.329. The molecule has 4 rings (SSSR count). The first-order valence-electron chi connectivity index (χ1n) is 9.50. The van der Waals surface area contributed by atoms with Crippen LogP contribution in [0.4, 0.5) is 10.1 Å². The van der Waals surface area contributed by atoms with Crippen LogP contribution in [0.2, 0.25) is 0 Å². The number of fused-ring (bicyclic) bond motifs is 1. The smallest absolute Gasteiger partial charge is 0.250 e. The molecule has 7 heteroatoms. The summed E-state index contributed by atoms with van der Waals surface area (Å²) in [6, 6.07) is 13.8. The molecule has 2 aromatic heterocycles. The second-order valence-corrected chi connectivity index (χ2v) is 7.04. The highest BCUT2D eigenvalue weighted by molar-refractivity contribution is 6.11. The highest BCUT2D eigenvalue weighted by Crippen LogP contribution is 2.37. The molecule has 0 bridgehead atoms. The Hall–Kier alpha value is -4.26. The number of amides is 2. The fourth-order valence-corrected chi connectivity index (χ4v) is 3.60. The summed E-state index contributed by atoms with van der Waals surface area (Å²) >= 11 is 0. The van der Waals surface area contributed by atoms with Crippen LogP contribution < -0.4 is 11.1 Å². The van der Waals surface area contributed by atoms with Crippen molar-refractivity contribution in [2.45, 2.75) is 6.92 Å². The van der Waals surface area contributed by atoms with Gasteiger partial charge in [-0.25, -0.2) is 4.98 Å². The summed E-state index contributed by atoms with van der Waals surface area (Å²) in [7, 11) is 0. The lowest BCUT2D eigenvalue weighted by molar-refractivity contribution is -0.111. The number of hydrogen-bond donors (Lipinski definition) is 3. The van der Waals surface area contributed by atoms with Crippen molar-refractivity contribution in [3.05, 3.63) is 84.5 Å². The minimum absolute atomic E-state index is 0.304. The van der Waals surface area contributed by atoms with Gasteiger partial charge < -0.3 is 16.0 Å². The molecule has 31 heavy (non-hydrogen) atoms. The topological polar surface area (TPSA) is 101 Å². The third-order valence-corrected chi connectivity index (χ3v) is 5.16. The molecule has 6 nitrogen and oxygen atoms in total. The minimum atomic E-state index is -0.576. The van der Waals surface area contributed by atoms with Gasteiger partial charge in [0.1, 0.15) is 0 Å². The van der Waals surface area contributed by atoms with E-state index in [1.165, 1.54) is 18.3 Å². The van der Waals surface area contributed by atoms with Crippen molar-refractivity contribution in [2.75, 3.05) is 5.32 Å². The Labute approximate surface area is 177 Å². The van der Waals surface area contributed by atoms with Crippen LogP contribution in [0.25, 0.3) is 33.3 Å². The molecule has 0 aliphatic carbocycles. The van der Waals surface area contributed by atoms with Crippen molar-refractivity contribution < 1.29 is 14.0 Å². The maximum Gasteiger partial charge on any atom is 0.250 e. The number of nitrogens with two attached hydrogens (primary N) is 1. The molecule has 0 aliphatic rings. The van der Waals surface area contributed by atoms with Gasteiger partial charge in [0.15, 0.2) is 0 Å². The van der Waals surface area contributed by atoms with Gasteiger partial charge in [0.05, 0.1) is 11.1 Å². The molecular formula is C24H19FN4O2. The largest absolute Gasteiger partial charge is 0.366 e. The molecule has 154 valence electrons. The lowest BCUT2D eigenvalue weighted by atomic mass is 9.94.